The number of rotatable bonds is 4. The second kappa shape index (κ2) is 11.0. The maximum Gasteiger partial charge on any atom is 0.149 e. The fourth-order valence-electron chi connectivity index (χ4n) is 6.23. The molecule has 2 heterocycles. The summed E-state index contributed by atoms with van der Waals surface area (Å²) in [5.74, 6) is 0.901. The van der Waals surface area contributed by atoms with Crippen LogP contribution < -0.4 is 0 Å². The van der Waals surface area contributed by atoms with E-state index in [1.54, 1.807) is 6.07 Å². The Morgan fingerprint density at radius 1 is 0.609 bits per heavy atom. The third kappa shape index (κ3) is 5.24. The molecule has 0 bridgehead atoms. The summed E-state index contributed by atoms with van der Waals surface area (Å²) in [6.07, 6.45) is 1.93. The van der Waals surface area contributed by atoms with Gasteiger partial charge in [-0.3, -0.25) is 9.55 Å². The number of hydrogen-bond acceptors (Lipinski definition) is 3. The van der Waals surface area contributed by atoms with Gasteiger partial charge in [0, 0.05) is 23.0 Å². The van der Waals surface area contributed by atoms with E-state index < -0.39 is 0 Å². The molecule has 0 spiro atoms. The van der Waals surface area contributed by atoms with Gasteiger partial charge < -0.3 is 5.11 Å². The number of para-hydroxylation sites is 2. The average molecular weight is 602 g/mol. The van der Waals surface area contributed by atoms with Crippen molar-refractivity contribution < 1.29 is 5.11 Å². The molecule has 7 rings (SSSR count). The lowest BCUT2D eigenvalue weighted by Gasteiger charge is -2.22. The van der Waals surface area contributed by atoms with E-state index in [9.17, 15) is 5.11 Å². The molecule has 0 aliphatic heterocycles. The molecule has 5 aromatic carbocycles. The molecule has 0 amide bonds. The normalized spacial score (nSPS) is 12.2. The van der Waals surface area contributed by atoms with Gasteiger partial charge in [-0.25, -0.2) is 4.98 Å². The highest BCUT2D eigenvalue weighted by molar-refractivity contribution is 6.03. The summed E-state index contributed by atoms with van der Waals surface area (Å²) >= 11 is 0. The fourth-order valence-corrected chi connectivity index (χ4v) is 6.23. The molecule has 0 unspecified atom stereocenters. The predicted octanol–water partition coefficient (Wildman–Crippen LogP) is 10.9. The quantitative estimate of drug-likeness (QED) is 0.218. The van der Waals surface area contributed by atoms with Gasteiger partial charge >= 0.3 is 0 Å². The average Bonchev–Trinajstić information content (AvgIpc) is 3.43. The summed E-state index contributed by atoms with van der Waals surface area (Å²) in [6.45, 7) is 13.5. The summed E-state index contributed by atoms with van der Waals surface area (Å²) in [4.78, 5) is 10.2. The third-order valence-corrected chi connectivity index (χ3v) is 8.86. The number of aromatic hydroxyl groups is 1. The van der Waals surface area contributed by atoms with Crippen LogP contribution in [-0.2, 0) is 10.8 Å². The first-order valence-corrected chi connectivity index (χ1v) is 15.9. The third-order valence-electron chi connectivity index (χ3n) is 8.86. The van der Waals surface area contributed by atoms with Crippen LogP contribution in [-0.4, -0.2) is 19.6 Å². The number of hydrogen-bond donors (Lipinski definition) is 1. The number of nitrogens with zero attached hydrogens (tertiary/aromatic N) is 3. The van der Waals surface area contributed by atoms with Crippen molar-refractivity contribution in [3.05, 3.63) is 133 Å². The van der Waals surface area contributed by atoms with Gasteiger partial charge in [-0.2, -0.15) is 0 Å². The Morgan fingerprint density at radius 2 is 1.30 bits per heavy atom. The number of phenolic OH excluding ortho intramolecular Hbond substituents is 1. The van der Waals surface area contributed by atoms with Gasteiger partial charge in [-0.05, 0) is 99.0 Å². The highest BCUT2D eigenvalue weighted by atomic mass is 16.3. The van der Waals surface area contributed by atoms with E-state index in [-0.39, 0.29) is 16.6 Å². The lowest BCUT2D eigenvalue weighted by molar-refractivity contribution is 0.477. The van der Waals surface area contributed by atoms with Crippen LogP contribution in [0.2, 0.25) is 0 Å². The number of aromatic nitrogens is 3. The molecule has 0 saturated heterocycles. The zero-order chi connectivity index (χ0) is 32.2. The zero-order valence-electron chi connectivity index (χ0n) is 27.3. The van der Waals surface area contributed by atoms with Gasteiger partial charge in [-0.15, -0.1) is 0 Å². The number of benzene rings is 5. The largest absolute Gasteiger partial charge is 0.507 e. The van der Waals surface area contributed by atoms with Gasteiger partial charge in [0.2, 0.25) is 0 Å². The van der Waals surface area contributed by atoms with Crippen molar-refractivity contribution in [2.45, 2.75) is 52.4 Å². The van der Waals surface area contributed by atoms with E-state index in [0.29, 0.717) is 11.4 Å². The molecular formula is C42H39N3O. The maximum absolute atomic E-state index is 11.0. The molecule has 2 aromatic heterocycles. The lowest BCUT2D eigenvalue weighted by atomic mass is 9.84. The van der Waals surface area contributed by atoms with Crippen molar-refractivity contribution in [1.82, 2.24) is 14.5 Å². The Hall–Kier alpha value is -5.22. The molecule has 0 aliphatic carbocycles. The molecule has 7 aromatic rings. The van der Waals surface area contributed by atoms with E-state index in [2.05, 4.69) is 119 Å². The smallest absolute Gasteiger partial charge is 0.149 e. The van der Waals surface area contributed by atoms with Crippen LogP contribution in [0, 0.1) is 0 Å². The van der Waals surface area contributed by atoms with Crippen LogP contribution in [0.3, 0.4) is 0 Å². The van der Waals surface area contributed by atoms with E-state index in [1.807, 2.05) is 42.6 Å². The second-order valence-corrected chi connectivity index (χ2v) is 14.2. The molecule has 0 fully saturated rings. The van der Waals surface area contributed by atoms with Crippen LogP contribution in [0.15, 0.2) is 121 Å². The van der Waals surface area contributed by atoms with Gasteiger partial charge in [0.15, 0.2) is 0 Å². The molecule has 228 valence electrons. The number of fused-ring (bicyclic) bond motifs is 2. The van der Waals surface area contributed by atoms with Crippen LogP contribution in [0.1, 0.15) is 52.7 Å². The van der Waals surface area contributed by atoms with Crippen molar-refractivity contribution >= 4 is 21.8 Å². The topological polar surface area (TPSA) is 50.9 Å². The first-order valence-electron chi connectivity index (χ1n) is 15.9. The Labute approximate surface area is 271 Å². The maximum atomic E-state index is 11.0. The summed E-state index contributed by atoms with van der Waals surface area (Å²) in [5.41, 5.74) is 10.1. The molecule has 0 radical (unpaired) electrons. The summed E-state index contributed by atoms with van der Waals surface area (Å²) in [7, 11) is 0. The molecule has 46 heavy (non-hydrogen) atoms. The van der Waals surface area contributed by atoms with Gasteiger partial charge in [-0.1, -0.05) is 96.1 Å². The molecule has 0 saturated carbocycles. The van der Waals surface area contributed by atoms with E-state index in [4.69, 9.17) is 9.97 Å². The van der Waals surface area contributed by atoms with Crippen molar-refractivity contribution in [3.8, 4) is 45.2 Å². The van der Waals surface area contributed by atoms with Crippen LogP contribution in [0.5, 0.6) is 5.75 Å². The van der Waals surface area contributed by atoms with Crippen molar-refractivity contribution in [1.29, 1.82) is 0 Å². The second-order valence-electron chi connectivity index (χ2n) is 14.2. The SMILES string of the molecule is CC(C)(C)c1ccnc(-c2cc(-c3cc(C(C)(C)C)cc4c3nc(-c3ccccc3O)n4-c3ccccc3)cc3ccccc23)c1. The minimum atomic E-state index is -0.119. The lowest BCUT2D eigenvalue weighted by Crippen LogP contribution is -2.11. The van der Waals surface area contributed by atoms with E-state index in [1.165, 1.54) is 11.1 Å². The van der Waals surface area contributed by atoms with E-state index in [0.717, 1.165) is 49.9 Å². The van der Waals surface area contributed by atoms with Crippen molar-refractivity contribution in [2.75, 3.05) is 0 Å². The number of pyridine rings is 1. The van der Waals surface area contributed by atoms with Crippen LogP contribution >= 0.6 is 0 Å². The minimum absolute atomic E-state index is 0.00196. The van der Waals surface area contributed by atoms with Crippen LogP contribution in [0.25, 0.3) is 61.3 Å². The summed E-state index contributed by atoms with van der Waals surface area (Å²) in [6, 6.07) is 39.7. The highest BCUT2D eigenvalue weighted by Gasteiger charge is 2.24. The summed E-state index contributed by atoms with van der Waals surface area (Å²) in [5, 5.41) is 13.3. The highest BCUT2D eigenvalue weighted by Crippen LogP contribution is 2.42. The number of imidazole rings is 1. The summed E-state index contributed by atoms with van der Waals surface area (Å²) < 4.78 is 2.18. The molecular weight excluding hydrogens is 562 g/mol. The monoisotopic (exact) mass is 601 g/mol. The standard InChI is InChI=1S/C42H39N3O/c1-41(2,3)29-20-21-43-36(25-29)35-23-28(22-27-14-10-11-17-32(27)35)34-24-30(42(4,5)6)26-37-39(34)44-40(33-18-12-13-19-38(33)46)45(37)31-15-8-7-9-16-31/h7-26,46H,1-6H3. The fraction of sp³-hybridized carbons (Fsp3) is 0.190. The number of phenols is 1. The zero-order valence-corrected chi connectivity index (χ0v) is 27.3. The minimum Gasteiger partial charge on any atom is -0.507 e. The predicted molar refractivity (Wildman–Crippen MR) is 192 cm³/mol. The molecule has 4 heteroatoms. The van der Waals surface area contributed by atoms with E-state index >= 15 is 0 Å². The molecule has 4 nitrogen and oxygen atoms in total. The Bertz CT molecular complexity index is 2230. The van der Waals surface area contributed by atoms with Crippen molar-refractivity contribution in [2.24, 2.45) is 0 Å². The molecule has 0 aliphatic rings. The first kappa shape index (κ1) is 29.5. The first-order chi connectivity index (χ1) is 22.0. The Kier molecular flexibility index (Phi) is 7.05. The molecule has 1 N–H and O–H groups in total. The molecule has 0 atom stereocenters. The van der Waals surface area contributed by atoms with Gasteiger partial charge in [0.25, 0.3) is 0 Å². The van der Waals surface area contributed by atoms with Gasteiger partial charge in [0.05, 0.1) is 22.3 Å². The Morgan fingerprint density at radius 3 is 2.04 bits per heavy atom. The Balaban J connectivity index is 1.58. The van der Waals surface area contributed by atoms with Crippen LogP contribution in [0.4, 0.5) is 0 Å². The van der Waals surface area contributed by atoms with Crippen molar-refractivity contribution in [3.63, 3.8) is 0 Å². The van der Waals surface area contributed by atoms with Gasteiger partial charge in [0.1, 0.15) is 11.6 Å².